The predicted octanol–water partition coefficient (Wildman–Crippen LogP) is 3.62. The van der Waals surface area contributed by atoms with Crippen molar-refractivity contribution in [2.24, 2.45) is 4.99 Å². The molecule has 0 radical (unpaired) electrons. The highest BCUT2D eigenvalue weighted by molar-refractivity contribution is 5.97. The minimum atomic E-state index is -0.484. The number of nitrogens with one attached hydrogen (secondary N) is 1. The summed E-state index contributed by atoms with van der Waals surface area (Å²) in [5, 5.41) is 7.46. The van der Waals surface area contributed by atoms with Gasteiger partial charge >= 0.3 is 0 Å². The Balaban J connectivity index is 2.51. The number of rotatable bonds is 3. The van der Waals surface area contributed by atoms with Crippen molar-refractivity contribution >= 4 is 12.1 Å². The maximum atomic E-state index is 14.4. The van der Waals surface area contributed by atoms with E-state index in [2.05, 4.69) is 4.99 Å². The third-order valence-corrected chi connectivity index (χ3v) is 3.57. The van der Waals surface area contributed by atoms with Crippen LogP contribution in [0, 0.1) is 18.2 Å². The molecule has 0 aromatic heterocycles. The Hall–Kier alpha value is -1.71. The predicted molar refractivity (Wildman–Crippen MR) is 79.5 cm³/mol. The summed E-state index contributed by atoms with van der Waals surface area (Å²) in [4.78, 5) is 4.43. The fourth-order valence-electron chi connectivity index (χ4n) is 2.18. The molecule has 1 aliphatic rings. The lowest BCUT2D eigenvalue weighted by atomic mass is 9.84. The van der Waals surface area contributed by atoms with Gasteiger partial charge in [0.05, 0.1) is 11.1 Å². The van der Waals surface area contributed by atoms with Gasteiger partial charge in [-0.05, 0) is 38.0 Å². The smallest absolute Gasteiger partial charge is 0.220 e. The van der Waals surface area contributed by atoms with E-state index in [9.17, 15) is 4.39 Å². The normalized spacial score (nSPS) is 17.6. The van der Waals surface area contributed by atoms with Crippen LogP contribution in [0.2, 0.25) is 0 Å². The van der Waals surface area contributed by atoms with E-state index in [1.165, 1.54) is 12.3 Å². The van der Waals surface area contributed by atoms with Crippen molar-refractivity contribution in [3.05, 3.63) is 34.6 Å². The molecule has 0 saturated carbocycles. The van der Waals surface area contributed by atoms with Crippen molar-refractivity contribution in [2.45, 2.75) is 45.6 Å². The molecular formula is C16H21FN2O. The zero-order valence-corrected chi connectivity index (χ0v) is 12.7. The maximum absolute atomic E-state index is 14.4. The van der Waals surface area contributed by atoms with Gasteiger partial charge in [0.15, 0.2) is 0 Å². The van der Waals surface area contributed by atoms with Crippen LogP contribution in [-0.4, -0.2) is 24.3 Å². The molecule has 1 aromatic carbocycles. The van der Waals surface area contributed by atoms with E-state index in [4.69, 9.17) is 10.1 Å². The second-order valence-electron chi connectivity index (χ2n) is 6.53. The number of benzene rings is 1. The highest BCUT2D eigenvalue weighted by atomic mass is 19.1. The number of halogens is 1. The van der Waals surface area contributed by atoms with Crippen LogP contribution in [0.25, 0.3) is 0 Å². The summed E-state index contributed by atoms with van der Waals surface area (Å²) in [6, 6.07) is 3.38. The van der Waals surface area contributed by atoms with Crippen molar-refractivity contribution in [3.63, 3.8) is 0 Å². The van der Waals surface area contributed by atoms with Gasteiger partial charge in [-0.25, -0.2) is 9.38 Å². The number of hydrogen-bond donors (Lipinski definition) is 1. The van der Waals surface area contributed by atoms with E-state index in [-0.39, 0.29) is 11.4 Å². The zero-order valence-electron chi connectivity index (χ0n) is 12.7. The first-order valence-corrected chi connectivity index (χ1v) is 6.71. The summed E-state index contributed by atoms with van der Waals surface area (Å²) >= 11 is 0. The third kappa shape index (κ3) is 2.60. The van der Waals surface area contributed by atoms with Crippen LogP contribution in [0.15, 0.2) is 17.1 Å². The van der Waals surface area contributed by atoms with E-state index < -0.39 is 5.41 Å². The topological polar surface area (TPSA) is 45.4 Å². The van der Waals surface area contributed by atoms with E-state index in [0.717, 1.165) is 11.1 Å². The Kier molecular flexibility index (Phi) is 3.44. The molecule has 0 unspecified atom stereocenters. The molecule has 1 aromatic rings. The average Bonchev–Trinajstić information content (AvgIpc) is 2.68. The minimum Gasteiger partial charge on any atom is -0.475 e. The lowest BCUT2D eigenvalue weighted by Gasteiger charge is -2.21. The SMILES string of the molecule is Cc1cc(C(C)(C)C=N)cc(F)c1C1=NC(C)(C)CO1. The highest BCUT2D eigenvalue weighted by Crippen LogP contribution is 2.29. The lowest BCUT2D eigenvalue weighted by molar-refractivity contribution is 0.278. The first-order valence-electron chi connectivity index (χ1n) is 6.71. The number of hydrogen-bond acceptors (Lipinski definition) is 3. The summed E-state index contributed by atoms with van der Waals surface area (Å²) in [6.45, 7) is 10.0. The summed E-state index contributed by atoms with van der Waals surface area (Å²) in [5.74, 6) is 0.0376. The fourth-order valence-corrected chi connectivity index (χ4v) is 2.18. The summed E-state index contributed by atoms with van der Waals surface area (Å²) in [6.07, 6.45) is 1.33. The summed E-state index contributed by atoms with van der Waals surface area (Å²) in [7, 11) is 0. The molecule has 0 amide bonds. The second kappa shape index (κ2) is 4.69. The number of aryl methyl sites for hydroxylation is 1. The molecule has 20 heavy (non-hydrogen) atoms. The van der Waals surface area contributed by atoms with Crippen LogP contribution < -0.4 is 0 Å². The Morgan fingerprint density at radius 1 is 1.40 bits per heavy atom. The van der Waals surface area contributed by atoms with Gasteiger partial charge in [0.2, 0.25) is 5.90 Å². The standard InChI is InChI=1S/C16H21FN2O/c1-10-6-11(15(2,3)8-18)7-12(17)13(10)14-19-16(4,5)9-20-14/h6-8,18H,9H2,1-5H3. The van der Waals surface area contributed by atoms with Gasteiger partial charge in [-0.2, -0.15) is 0 Å². The lowest BCUT2D eigenvalue weighted by Crippen LogP contribution is -2.20. The van der Waals surface area contributed by atoms with Crippen LogP contribution in [0.3, 0.4) is 0 Å². The van der Waals surface area contributed by atoms with Crippen molar-refractivity contribution in [1.82, 2.24) is 0 Å². The van der Waals surface area contributed by atoms with Crippen LogP contribution in [0.5, 0.6) is 0 Å². The first-order chi connectivity index (χ1) is 9.16. The van der Waals surface area contributed by atoms with Crippen molar-refractivity contribution in [3.8, 4) is 0 Å². The Labute approximate surface area is 119 Å². The molecule has 3 nitrogen and oxygen atoms in total. The van der Waals surface area contributed by atoms with E-state index in [0.29, 0.717) is 18.1 Å². The molecule has 2 rings (SSSR count). The van der Waals surface area contributed by atoms with Gasteiger partial charge in [0.25, 0.3) is 0 Å². The molecule has 0 atom stereocenters. The molecule has 0 spiro atoms. The van der Waals surface area contributed by atoms with Crippen molar-refractivity contribution < 1.29 is 9.13 Å². The Morgan fingerprint density at radius 2 is 2.05 bits per heavy atom. The zero-order chi connectivity index (χ0) is 15.1. The first kappa shape index (κ1) is 14.7. The van der Waals surface area contributed by atoms with Gasteiger partial charge in [-0.15, -0.1) is 0 Å². The molecule has 1 N–H and O–H groups in total. The third-order valence-electron chi connectivity index (χ3n) is 3.57. The molecule has 0 bridgehead atoms. The van der Waals surface area contributed by atoms with E-state index in [1.54, 1.807) is 0 Å². The van der Waals surface area contributed by atoms with Gasteiger partial charge in [0, 0.05) is 11.6 Å². The fraction of sp³-hybridized carbons (Fsp3) is 0.500. The van der Waals surface area contributed by atoms with Crippen LogP contribution in [0.1, 0.15) is 44.4 Å². The molecule has 108 valence electrons. The van der Waals surface area contributed by atoms with E-state index in [1.807, 2.05) is 40.7 Å². The molecule has 0 saturated heterocycles. The van der Waals surface area contributed by atoms with Gasteiger partial charge < -0.3 is 10.1 Å². The Bertz CT molecular complexity index is 565. The van der Waals surface area contributed by atoms with E-state index >= 15 is 0 Å². The van der Waals surface area contributed by atoms with Crippen LogP contribution in [0.4, 0.5) is 4.39 Å². The van der Waals surface area contributed by atoms with Gasteiger partial charge in [-0.1, -0.05) is 19.9 Å². The van der Waals surface area contributed by atoms with Crippen LogP contribution >= 0.6 is 0 Å². The molecule has 0 fully saturated rings. The van der Waals surface area contributed by atoms with Crippen LogP contribution in [-0.2, 0) is 10.2 Å². The quantitative estimate of drug-likeness (QED) is 0.842. The largest absolute Gasteiger partial charge is 0.475 e. The van der Waals surface area contributed by atoms with Gasteiger partial charge in [0.1, 0.15) is 12.4 Å². The molecule has 1 heterocycles. The van der Waals surface area contributed by atoms with Crippen molar-refractivity contribution in [1.29, 1.82) is 5.41 Å². The molecular weight excluding hydrogens is 255 g/mol. The van der Waals surface area contributed by atoms with Crippen molar-refractivity contribution in [2.75, 3.05) is 6.61 Å². The van der Waals surface area contributed by atoms with Gasteiger partial charge in [-0.3, -0.25) is 0 Å². The number of aliphatic imine (C=N–C) groups is 1. The Morgan fingerprint density at radius 3 is 2.50 bits per heavy atom. The molecule has 1 aliphatic heterocycles. The number of ether oxygens (including phenoxy) is 1. The highest BCUT2D eigenvalue weighted by Gasteiger charge is 2.30. The monoisotopic (exact) mass is 276 g/mol. The molecule has 4 heteroatoms. The minimum absolute atomic E-state index is 0.304. The summed E-state index contributed by atoms with van der Waals surface area (Å²) in [5.41, 5.74) is 1.21. The average molecular weight is 276 g/mol. The second-order valence-corrected chi connectivity index (χ2v) is 6.53. The number of nitrogens with zero attached hydrogens (tertiary/aromatic N) is 1. The maximum Gasteiger partial charge on any atom is 0.220 e. The molecule has 0 aliphatic carbocycles. The summed E-state index contributed by atoms with van der Waals surface area (Å²) < 4.78 is 20.0.